The van der Waals surface area contributed by atoms with Gasteiger partial charge in [-0.2, -0.15) is 0 Å². The Morgan fingerprint density at radius 3 is 2.58 bits per heavy atom. The lowest BCUT2D eigenvalue weighted by Gasteiger charge is -2.09. The second kappa shape index (κ2) is 6.11. The molecule has 0 atom stereocenters. The molecule has 7 aromatic rings. The summed E-state index contributed by atoms with van der Waals surface area (Å²) in [4.78, 5) is 4.39. The highest BCUT2D eigenvalue weighted by atomic mass is 16.3. The van der Waals surface area contributed by atoms with Crippen LogP contribution in [0.2, 0.25) is 0 Å². The van der Waals surface area contributed by atoms with Crippen molar-refractivity contribution < 1.29 is 4.42 Å². The number of oxazole rings is 1. The summed E-state index contributed by atoms with van der Waals surface area (Å²) >= 11 is 0. The number of hydrogen-bond donors (Lipinski definition) is 0. The summed E-state index contributed by atoms with van der Waals surface area (Å²) in [6, 6.07) is 32.7. The van der Waals surface area contributed by atoms with Gasteiger partial charge < -0.3 is 8.98 Å². The van der Waals surface area contributed by atoms with Crippen molar-refractivity contribution in [1.82, 2.24) is 9.55 Å². The highest BCUT2D eigenvalue weighted by molar-refractivity contribution is 6.18. The minimum atomic E-state index is 0.812. The Balaban J connectivity index is 1.55. The Morgan fingerprint density at radius 2 is 1.61 bits per heavy atom. The molecule has 2 aromatic heterocycles. The molecule has 1 aliphatic rings. The molecule has 3 nitrogen and oxygen atoms in total. The van der Waals surface area contributed by atoms with Gasteiger partial charge in [-0.1, -0.05) is 66.7 Å². The Hall–Kier alpha value is -4.37. The Kier molecular flexibility index (Phi) is 3.19. The van der Waals surface area contributed by atoms with Gasteiger partial charge in [0.1, 0.15) is 5.52 Å². The molecule has 5 aromatic carbocycles. The number of nitrogens with zero attached hydrogens (tertiary/aromatic N) is 2. The van der Waals surface area contributed by atoms with Gasteiger partial charge in [0.2, 0.25) is 0 Å². The van der Waals surface area contributed by atoms with E-state index in [1.54, 1.807) is 0 Å². The van der Waals surface area contributed by atoms with Crippen LogP contribution in [-0.2, 0) is 6.42 Å². The minimum absolute atomic E-state index is 0.812. The predicted octanol–water partition coefficient (Wildman–Crippen LogP) is 7.65. The van der Waals surface area contributed by atoms with E-state index < -0.39 is 0 Å². The fraction of sp³-hybridized carbons (Fsp3) is 0.0333. The average molecular weight is 422 g/mol. The molecule has 3 heteroatoms. The van der Waals surface area contributed by atoms with Crippen molar-refractivity contribution in [2.24, 2.45) is 0 Å². The molecule has 0 spiro atoms. The number of rotatable bonds is 1. The van der Waals surface area contributed by atoms with Gasteiger partial charge in [-0.05, 0) is 63.7 Å². The highest BCUT2D eigenvalue weighted by Gasteiger charge is 2.26. The molecule has 0 N–H and O–H groups in total. The summed E-state index contributed by atoms with van der Waals surface area (Å²) in [6.45, 7) is 0. The van der Waals surface area contributed by atoms with E-state index in [0.29, 0.717) is 0 Å². The Bertz CT molecular complexity index is 1900. The maximum Gasteiger partial charge on any atom is 0.182 e. The van der Waals surface area contributed by atoms with Crippen LogP contribution in [0.15, 0.2) is 102 Å². The quantitative estimate of drug-likeness (QED) is 0.272. The van der Waals surface area contributed by atoms with Gasteiger partial charge in [0.25, 0.3) is 0 Å². The smallest absolute Gasteiger partial charge is 0.182 e. The van der Waals surface area contributed by atoms with Crippen molar-refractivity contribution in [3.05, 3.63) is 109 Å². The standard InChI is InChI=1S/C30H18N2O/c1-2-7-20-18(6-1)12-14-21-23(20)16-19-13-15-26-29(28(19)21)22-8-3-4-10-25(22)32(26)27-11-5-9-24-30(27)33-17-31-24/h1-15,17H,16H2. The van der Waals surface area contributed by atoms with E-state index in [1.165, 1.54) is 61.2 Å². The summed E-state index contributed by atoms with van der Waals surface area (Å²) in [5.74, 6) is 0. The molecule has 0 fully saturated rings. The molecule has 0 saturated carbocycles. The van der Waals surface area contributed by atoms with Crippen LogP contribution in [0.1, 0.15) is 11.1 Å². The van der Waals surface area contributed by atoms with E-state index in [-0.39, 0.29) is 0 Å². The van der Waals surface area contributed by atoms with Gasteiger partial charge in [-0.25, -0.2) is 4.98 Å². The SMILES string of the molecule is c1ccc2c3c(ccc2c1)-c1c(ccc2c1c1ccccc1n2-c1cccc2ncoc12)C3. The van der Waals surface area contributed by atoms with Crippen molar-refractivity contribution in [3.63, 3.8) is 0 Å². The molecular formula is C30H18N2O. The summed E-state index contributed by atoms with van der Waals surface area (Å²) in [5.41, 5.74) is 10.6. The minimum Gasteiger partial charge on any atom is -0.441 e. The van der Waals surface area contributed by atoms with Gasteiger partial charge >= 0.3 is 0 Å². The van der Waals surface area contributed by atoms with Crippen molar-refractivity contribution in [3.8, 4) is 16.8 Å². The lowest BCUT2D eigenvalue weighted by Crippen LogP contribution is -1.94. The summed E-state index contributed by atoms with van der Waals surface area (Å²) in [7, 11) is 0. The first kappa shape index (κ1) is 17.2. The van der Waals surface area contributed by atoms with Crippen molar-refractivity contribution in [2.75, 3.05) is 0 Å². The van der Waals surface area contributed by atoms with Gasteiger partial charge in [0.05, 0.1) is 16.7 Å². The largest absolute Gasteiger partial charge is 0.441 e. The molecule has 0 bridgehead atoms. The van der Waals surface area contributed by atoms with E-state index in [2.05, 4.69) is 94.5 Å². The maximum absolute atomic E-state index is 5.84. The predicted molar refractivity (Wildman–Crippen MR) is 134 cm³/mol. The van der Waals surface area contributed by atoms with Crippen molar-refractivity contribution >= 4 is 43.7 Å². The zero-order valence-corrected chi connectivity index (χ0v) is 17.7. The Labute approximate surface area is 189 Å². The maximum atomic E-state index is 5.84. The topological polar surface area (TPSA) is 31.0 Å². The second-order valence-corrected chi connectivity index (χ2v) is 8.81. The molecule has 2 heterocycles. The van der Waals surface area contributed by atoms with E-state index in [1.807, 2.05) is 6.07 Å². The highest BCUT2D eigenvalue weighted by Crippen LogP contribution is 2.47. The van der Waals surface area contributed by atoms with Crippen molar-refractivity contribution in [1.29, 1.82) is 0 Å². The molecule has 0 saturated heterocycles. The lowest BCUT2D eigenvalue weighted by atomic mass is 9.97. The number of aromatic nitrogens is 2. The normalized spacial score (nSPS) is 12.7. The van der Waals surface area contributed by atoms with Crippen LogP contribution in [0.5, 0.6) is 0 Å². The number of benzene rings is 5. The van der Waals surface area contributed by atoms with Crippen LogP contribution in [0.25, 0.3) is 60.5 Å². The van der Waals surface area contributed by atoms with Crippen LogP contribution < -0.4 is 0 Å². The summed E-state index contributed by atoms with van der Waals surface area (Å²) in [6.07, 6.45) is 2.50. The molecule has 0 aliphatic heterocycles. The number of fused-ring (bicyclic) bond motifs is 10. The molecule has 0 radical (unpaired) electrons. The molecule has 1 aliphatic carbocycles. The second-order valence-electron chi connectivity index (χ2n) is 8.81. The lowest BCUT2D eigenvalue weighted by molar-refractivity contribution is 0.600. The van der Waals surface area contributed by atoms with E-state index >= 15 is 0 Å². The van der Waals surface area contributed by atoms with Crippen LogP contribution in [0, 0.1) is 0 Å². The average Bonchev–Trinajstić information content (AvgIpc) is 3.57. The van der Waals surface area contributed by atoms with E-state index in [0.717, 1.165) is 23.2 Å². The summed E-state index contributed by atoms with van der Waals surface area (Å²) in [5, 5.41) is 5.24. The third-order valence-corrected chi connectivity index (χ3v) is 7.18. The van der Waals surface area contributed by atoms with Gasteiger partial charge in [-0.3, -0.25) is 0 Å². The first-order valence-corrected chi connectivity index (χ1v) is 11.3. The van der Waals surface area contributed by atoms with E-state index in [9.17, 15) is 0 Å². The summed E-state index contributed by atoms with van der Waals surface area (Å²) < 4.78 is 8.17. The monoisotopic (exact) mass is 422 g/mol. The first-order chi connectivity index (χ1) is 16.4. The fourth-order valence-corrected chi connectivity index (χ4v) is 5.82. The zero-order chi connectivity index (χ0) is 21.5. The third kappa shape index (κ3) is 2.16. The van der Waals surface area contributed by atoms with Crippen LogP contribution in [0.4, 0.5) is 0 Å². The molecule has 0 unspecified atom stereocenters. The molecule has 33 heavy (non-hydrogen) atoms. The van der Waals surface area contributed by atoms with E-state index in [4.69, 9.17) is 4.42 Å². The molecular weight excluding hydrogens is 404 g/mol. The van der Waals surface area contributed by atoms with Gasteiger partial charge in [0.15, 0.2) is 12.0 Å². The van der Waals surface area contributed by atoms with Gasteiger partial charge in [-0.15, -0.1) is 0 Å². The van der Waals surface area contributed by atoms with Crippen LogP contribution in [0.3, 0.4) is 0 Å². The Morgan fingerprint density at radius 1 is 0.727 bits per heavy atom. The van der Waals surface area contributed by atoms with Crippen LogP contribution >= 0.6 is 0 Å². The molecule has 8 rings (SSSR count). The van der Waals surface area contributed by atoms with Crippen LogP contribution in [-0.4, -0.2) is 9.55 Å². The van der Waals surface area contributed by atoms with Gasteiger partial charge in [0, 0.05) is 10.8 Å². The third-order valence-electron chi connectivity index (χ3n) is 7.18. The molecule has 0 amide bonds. The zero-order valence-electron chi connectivity index (χ0n) is 17.7. The molecule has 154 valence electrons. The fourth-order valence-electron chi connectivity index (χ4n) is 5.82. The number of para-hydroxylation sites is 2. The number of hydrogen-bond acceptors (Lipinski definition) is 2. The van der Waals surface area contributed by atoms with Crippen molar-refractivity contribution in [2.45, 2.75) is 6.42 Å². The first-order valence-electron chi connectivity index (χ1n) is 11.3.